The van der Waals surface area contributed by atoms with Crippen LogP contribution >= 0.6 is 23.2 Å². The minimum Gasteiger partial charge on any atom is -0.493 e. The van der Waals surface area contributed by atoms with Crippen molar-refractivity contribution in [3.05, 3.63) is 87.4 Å². The van der Waals surface area contributed by atoms with Gasteiger partial charge in [-0.25, -0.2) is 0 Å². The van der Waals surface area contributed by atoms with Gasteiger partial charge in [0, 0.05) is 29.2 Å². The number of likely N-dealkylation sites (N-methyl/N-ethyl adjacent to an activating group) is 1. The van der Waals surface area contributed by atoms with Gasteiger partial charge in [0.25, 0.3) is 5.91 Å². The maximum absolute atomic E-state index is 13.4. The van der Waals surface area contributed by atoms with E-state index in [1.807, 2.05) is 4.90 Å². The Bertz CT molecular complexity index is 1490. The molecule has 0 aliphatic heterocycles. The van der Waals surface area contributed by atoms with E-state index in [4.69, 9.17) is 32.7 Å². The molecule has 0 fully saturated rings. The van der Waals surface area contributed by atoms with Gasteiger partial charge in [-0.1, -0.05) is 29.8 Å². The molecule has 0 radical (unpaired) electrons. The van der Waals surface area contributed by atoms with Crippen molar-refractivity contribution in [2.24, 2.45) is 0 Å². The molecule has 0 aromatic heterocycles. The van der Waals surface area contributed by atoms with Gasteiger partial charge in [-0.2, -0.15) is 26.3 Å². The van der Waals surface area contributed by atoms with Gasteiger partial charge >= 0.3 is 12.4 Å². The Labute approximate surface area is 254 Å². The lowest BCUT2D eigenvalue weighted by Crippen LogP contribution is -2.20. The van der Waals surface area contributed by atoms with Gasteiger partial charge in [-0.3, -0.25) is 4.79 Å². The van der Waals surface area contributed by atoms with Crippen molar-refractivity contribution in [1.29, 1.82) is 0 Å². The fourth-order valence-corrected chi connectivity index (χ4v) is 4.27. The number of amides is 1. The first kappa shape index (κ1) is 33.9. The summed E-state index contributed by atoms with van der Waals surface area (Å²) in [5, 5.41) is 4.21. The number of rotatable bonds is 11. The molecule has 0 aliphatic rings. The molecule has 14 heteroatoms. The number of benzene rings is 3. The average molecular weight is 650 g/mol. The Morgan fingerprint density at radius 1 is 0.837 bits per heavy atom. The summed E-state index contributed by atoms with van der Waals surface area (Å²) in [6.45, 7) is 6.32. The molecule has 3 aromatic rings. The van der Waals surface area contributed by atoms with Crippen molar-refractivity contribution in [2.75, 3.05) is 44.5 Å². The van der Waals surface area contributed by atoms with E-state index in [1.54, 1.807) is 21.0 Å². The molecule has 232 valence electrons. The largest absolute Gasteiger partial charge is 0.493 e. The van der Waals surface area contributed by atoms with Crippen molar-refractivity contribution in [3.8, 4) is 11.5 Å². The fraction of sp³-hybridized carbons (Fsp3) is 0.276. The summed E-state index contributed by atoms with van der Waals surface area (Å²) in [4.78, 5) is 15.0. The van der Waals surface area contributed by atoms with Crippen LogP contribution in [-0.2, 0) is 12.4 Å². The van der Waals surface area contributed by atoms with Crippen molar-refractivity contribution in [1.82, 2.24) is 4.90 Å². The van der Waals surface area contributed by atoms with Gasteiger partial charge in [-0.15, -0.1) is 0 Å². The first-order valence-corrected chi connectivity index (χ1v) is 13.4. The van der Waals surface area contributed by atoms with Crippen LogP contribution in [0.25, 0.3) is 5.70 Å². The Morgan fingerprint density at radius 3 is 1.79 bits per heavy atom. The van der Waals surface area contributed by atoms with Crippen LogP contribution in [0.4, 0.5) is 37.7 Å². The third kappa shape index (κ3) is 8.94. The van der Waals surface area contributed by atoms with Gasteiger partial charge in [0.1, 0.15) is 18.1 Å². The summed E-state index contributed by atoms with van der Waals surface area (Å²) in [5.74, 6) is -0.608. The number of nitrogens with zero attached hydrogens (tertiary/aromatic N) is 1. The molecule has 2 N–H and O–H groups in total. The molecule has 0 unspecified atom stereocenters. The van der Waals surface area contributed by atoms with E-state index in [9.17, 15) is 31.1 Å². The molecule has 0 aliphatic carbocycles. The second-order valence-corrected chi connectivity index (χ2v) is 10.2. The molecular formula is C29H27Cl2F6N3O3. The number of alkyl halides is 6. The third-order valence-corrected chi connectivity index (χ3v) is 6.48. The van der Waals surface area contributed by atoms with Crippen LogP contribution in [0, 0.1) is 0 Å². The van der Waals surface area contributed by atoms with Crippen LogP contribution in [-0.4, -0.2) is 44.7 Å². The predicted octanol–water partition coefficient (Wildman–Crippen LogP) is 8.71. The van der Waals surface area contributed by atoms with E-state index < -0.39 is 39.4 Å². The highest BCUT2D eigenvalue weighted by Crippen LogP contribution is 2.40. The van der Waals surface area contributed by atoms with Crippen LogP contribution in [0.2, 0.25) is 10.0 Å². The quantitative estimate of drug-likeness (QED) is 0.204. The molecule has 0 saturated carbocycles. The second-order valence-electron chi connectivity index (χ2n) is 9.37. The molecule has 0 heterocycles. The zero-order valence-electron chi connectivity index (χ0n) is 23.1. The van der Waals surface area contributed by atoms with Crippen LogP contribution in [0.5, 0.6) is 11.5 Å². The van der Waals surface area contributed by atoms with Crippen LogP contribution in [0.3, 0.4) is 0 Å². The standard InChI is InChI=1S/C29H27Cl2F6N3O3/c1-5-42-24-12-17(27(41)39-19-7-9-23(31)21(15-19)29(35,36)37)13-25(43-11-10-40(3)4)26(24)16(2)38-18-6-8-22(30)20(14-18)28(32,33)34/h6-9,12-15,38H,2,5,10-11H2,1,3-4H3,(H,39,41). The molecule has 3 aromatic carbocycles. The van der Waals surface area contributed by atoms with Crippen LogP contribution in [0.1, 0.15) is 34.0 Å². The van der Waals surface area contributed by atoms with Crippen LogP contribution in [0.15, 0.2) is 55.1 Å². The van der Waals surface area contributed by atoms with E-state index >= 15 is 0 Å². The Morgan fingerprint density at radius 2 is 1.33 bits per heavy atom. The number of hydrogen-bond acceptors (Lipinski definition) is 5. The zero-order valence-corrected chi connectivity index (χ0v) is 24.7. The molecule has 3 rings (SSSR count). The number of nitrogens with one attached hydrogen (secondary N) is 2. The number of hydrogen-bond donors (Lipinski definition) is 2. The van der Waals surface area contributed by atoms with E-state index in [1.165, 1.54) is 24.3 Å². The molecule has 0 atom stereocenters. The molecule has 43 heavy (non-hydrogen) atoms. The molecule has 0 bridgehead atoms. The Hall–Kier alpha value is -3.61. The lowest BCUT2D eigenvalue weighted by atomic mass is 10.0. The van der Waals surface area contributed by atoms with E-state index in [-0.39, 0.29) is 52.9 Å². The topological polar surface area (TPSA) is 62.8 Å². The van der Waals surface area contributed by atoms with Crippen LogP contribution < -0.4 is 20.1 Å². The zero-order chi connectivity index (χ0) is 32.1. The van der Waals surface area contributed by atoms with Gasteiger partial charge in [0.2, 0.25) is 0 Å². The first-order valence-electron chi connectivity index (χ1n) is 12.6. The SMILES string of the molecule is C=C(Nc1ccc(Cl)c(C(F)(F)F)c1)c1c(OCC)cc(C(=O)Nc2ccc(Cl)c(C(F)(F)F)c2)cc1OCCN(C)C. The highest BCUT2D eigenvalue weighted by molar-refractivity contribution is 6.31. The highest BCUT2D eigenvalue weighted by Gasteiger charge is 2.34. The summed E-state index contributed by atoms with van der Waals surface area (Å²) in [6.07, 6.45) is -9.44. The van der Waals surface area contributed by atoms with E-state index in [0.29, 0.717) is 12.6 Å². The smallest absolute Gasteiger partial charge is 0.417 e. The van der Waals surface area contributed by atoms with E-state index in [2.05, 4.69) is 17.2 Å². The summed E-state index contributed by atoms with van der Waals surface area (Å²) >= 11 is 11.4. The van der Waals surface area contributed by atoms with Gasteiger partial charge < -0.3 is 25.0 Å². The van der Waals surface area contributed by atoms with Crippen molar-refractivity contribution in [2.45, 2.75) is 19.3 Å². The maximum atomic E-state index is 13.4. The molecule has 0 spiro atoms. The number of ether oxygens (including phenoxy) is 2. The number of halogens is 8. The minimum absolute atomic E-state index is 0.0217. The van der Waals surface area contributed by atoms with E-state index in [0.717, 1.165) is 18.2 Å². The normalized spacial score (nSPS) is 11.8. The third-order valence-electron chi connectivity index (χ3n) is 5.82. The number of carbonyl (C=O) groups is 1. The van der Waals surface area contributed by atoms with Gasteiger partial charge in [0.05, 0.1) is 33.3 Å². The van der Waals surface area contributed by atoms with Crippen molar-refractivity contribution >= 4 is 46.2 Å². The second kappa shape index (κ2) is 13.8. The average Bonchev–Trinajstić information content (AvgIpc) is 2.89. The fourth-order valence-electron chi connectivity index (χ4n) is 3.82. The van der Waals surface area contributed by atoms with Gasteiger partial charge in [0.15, 0.2) is 0 Å². The highest BCUT2D eigenvalue weighted by atomic mass is 35.5. The number of anilines is 2. The summed E-state index contributed by atoms with van der Waals surface area (Å²) < 4.78 is 91.9. The first-order chi connectivity index (χ1) is 20.0. The minimum atomic E-state index is -4.74. The molecular weight excluding hydrogens is 623 g/mol. The van der Waals surface area contributed by atoms with Crippen molar-refractivity contribution in [3.63, 3.8) is 0 Å². The van der Waals surface area contributed by atoms with Gasteiger partial charge in [-0.05, 0) is 69.6 Å². The lowest BCUT2D eigenvalue weighted by Gasteiger charge is -2.21. The maximum Gasteiger partial charge on any atom is 0.417 e. The Balaban J connectivity index is 2.03. The monoisotopic (exact) mass is 649 g/mol. The summed E-state index contributed by atoms with van der Waals surface area (Å²) in [6, 6.07) is 8.84. The predicted molar refractivity (Wildman–Crippen MR) is 155 cm³/mol. The lowest BCUT2D eigenvalue weighted by molar-refractivity contribution is -0.138. The summed E-state index contributed by atoms with van der Waals surface area (Å²) in [7, 11) is 3.61. The summed E-state index contributed by atoms with van der Waals surface area (Å²) in [5.41, 5.74) is -2.05. The Kier molecular flexibility index (Phi) is 10.9. The van der Waals surface area contributed by atoms with Crippen molar-refractivity contribution < 1.29 is 40.6 Å². The number of carbonyl (C=O) groups excluding carboxylic acids is 1. The molecule has 1 amide bonds. The molecule has 6 nitrogen and oxygen atoms in total. The molecule has 0 saturated heterocycles.